The molecule has 0 bridgehead atoms. The van der Waals surface area contributed by atoms with Gasteiger partial charge in [0.2, 0.25) is 0 Å². The Labute approximate surface area is 102 Å². The van der Waals surface area contributed by atoms with E-state index in [1.807, 2.05) is 30.3 Å². The molecule has 0 radical (unpaired) electrons. The third-order valence-corrected chi connectivity index (χ3v) is 4.71. The zero-order valence-electron chi connectivity index (χ0n) is 9.49. The molecule has 0 amide bonds. The third kappa shape index (κ3) is 2.52. The number of hydrogen-bond acceptors (Lipinski definition) is 1. The predicted octanol–water partition coefficient (Wildman–Crippen LogP) is 2.79. The van der Waals surface area contributed by atoms with Crippen molar-refractivity contribution in [2.45, 2.75) is 20.3 Å². The van der Waals surface area contributed by atoms with E-state index in [0.29, 0.717) is 20.9 Å². The van der Waals surface area contributed by atoms with Gasteiger partial charge in [0, 0.05) is 0 Å². The average Bonchev–Trinajstić information content (AvgIpc) is 2.59. The fraction of sp³-hybridized carbons (Fsp3) is 0.214. The molecule has 0 aliphatic rings. The number of rotatable bonds is 3. The fourth-order valence-corrected chi connectivity index (χ4v) is 3.74. The van der Waals surface area contributed by atoms with Crippen LogP contribution < -0.4 is 0 Å². The predicted molar refractivity (Wildman–Crippen MR) is 67.3 cm³/mol. The van der Waals surface area contributed by atoms with Crippen LogP contribution in [0.3, 0.4) is 0 Å². The van der Waals surface area contributed by atoms with Gasteiger partial charge in [-0.25, -0.2) is 0 Å². The van der Waals surface area contributed by atoms with Crippen molar-refractivity contribution in [3.63, 3.8) is 0 Å². The third-order valence-electron chi connectivity index (χ3n) is 2.59. The first-order valence-electron chi connectivity index (χ1n) is 5.31. The van der Waals surface area contributed by atoms with Crippen molar-refractivity contribution in [1.82, 2.24) is 0 Å². The van der Waals surface area contributed by atoms with Crippen molar-refractivity contribution in [3.05, 3.63) is 56.4 Å². The Morgan fingerprint density at radius 1 is 1.19 bits per heavy atom. The standard InChI is InChI=1S/C14H14OSe/c1-10-8-13(11(2)16-10)9-14(15)12-6-4-3-5-7-12/h3-8H,9H2,1-2H3. The average molecular weight is 277 g/mol. The van der Waals surface area contributed by atoms with Crippen LogP contribution >= 0.6 is 0 Å². The maximum absolute atomic E-state index is 12.0. The summed E-state index contributed by atoms with van der Waals surface area (Å²) in [6, 6.07) is 11.7. The summed E-state index contributed by atoms with van der Waals surface area (Å²) in [6.07, 6.45) is 0.551. The van der Waals surface area contributed by atoms with Crippen molar-refractivity contribution in [3.8, 4) is 0 Å². The van der Waals surface area contributed by atoms with Crippen molar-refractivity contribution in [2.24, 2.45) is 0 Å². The molecule has 1 nitrogen and oxygen atoms in total. The van der Waals surface area contributed by atoms with Crippen LogP contribution in [0.2, 0.25) is 0 Å². The summed E-state index contributed by atoms with van der Waals surface area (Å²) in [4.78, 5) is 12.0. The summed E-state index contributed by atoms with van der Waals surface area (Å²) in [5.74, 6) is 0.219. The quantitative estimate of drug-likeness (QED) is 0.623. The molecule has 0 unspecified atom stereocenters. The van der Waals surface area contributed by atoms with E-state index in [4.69, 9.17) is 0 Å². The molecule has 82 valence electrons. The summed E-state index contributed by atoms with van der Waals surface area (Å²) in [6.45, 7) is 4.28. The number of hydrogen-bond donors (Lipinski definition) is 0. The zero-order valence-corrected chi connectivity index (χ0v) is 11.2. The molecule has 0 N–H and O–H groups in total. The van der Waals surface area contributed by atoms with Crippen LogP contribution in [0.1, 0.15) is 24.8 Å². The number of carbonyl (C=O) groups is 1. The van der Waals surface area contributed by atoms with Crippen molar-refractivity contribution in [2.75, 3.05) is 0 Å². The molecule has 2 heteroatoms. The molecule has 1 heterocycles. The first-order chi connectivity index (χ1) is 7.66. The molecule has 0 atom stereocenters. The van der Waals surface area contributed by atoms with E-state index in [1.54, 1.807) is 0 Å². The van der Waals surface area contributed by atoms with E-state index in [0.717, 1.165) is 5.56 Å². The summed E-state index contributed by atoms with van der Waals surface area (Å²) in [7, 11) is 0. The molecular weight excluding hydrogens is 263 g/mol. The summed E-state index contributed by atoms with van der Waals surface area (Å²) in [5.41, 5.74) is 2.04. The molecule has 16 heavy (non-hydrogen) atoms. The van der Waals surface area contributed by atoms with Crippen molar-refractivity contribution < 1.29 is 4.79 Å². The van der Waals surface area contributed by atoms with Crippen LogP contribution in [-0.4, -0.2) is 20.3 Å². The minimum absolute atomic E-state index is 0.219. The molecular formula is C14H14OSe. The van der Waals surface area contributed by atoms with E-state index in [-0.39, 0.29) is 5.78 Å². The number of ketones is 1. The topological polar surface area (TPSA) is 17.1 Å². The van der Waals surface area contributed by atoms with E-state index in [9.17, 15) is 4.79 Å². The molecule has 0 saturated carbocycles. The fourth-order valence-electron chi connectivity index (χ4n) is 1.76. The summed E-state index contributed by atoms with van der Waals surface area (Å²) >= 11 is 0.478. The Kier molecular flexibility index (Phi) is 3.42. The second kappa shape index (κ2) is 4.82. The van der Waals surface area contributed by atoms with Gasteiger partial charge < -0.3 is 0 Å². The SMILES string of the molecule is Cc1cc(CC(=O)c2ccccc2)c(C)[se]1. The second-order valence-electron chi connectivity index (χ2n) is 3.90. The summed E-state index contributed by atoms with van der Waals surface area (Å²) in [5, 5.41) is 0. The minimum atomic E-state index is 0.219. The maximum atomic E-state index is 12.0. The Hall–Kier alpha value is -1.11. The van der Waals surface area contributed by atoms with Gasteiger partial charge in [-0.1, -0.05) is 0 Å². The van der Waals surface area contributed by atoms with E-state index < -0.39 is 0 Å². The monoisotopic (exact) mass is 278 g/mol. The second-order valence-corrected chi connectivity index (χ2v) is 6.97. The Bertz CT molecular complexity index is 497. The van der Waals surface area contributed by atoms with Crippen LogP contribution in [0.15, 0.2) is 36.4 Å². The number of Topliss-reactive ketones (excluding diaryl/α,β-unsaturated/α-hetero) is 1. The van der Waals surface area contributed by atoms with E-state index in [1.165, 1.54) is 14.4 Å². The molecule has 2 rings (SSSR count). The van der Waals surface area contributed by atoms with Gasteiger partial charge in [-0.2, -0.15) is 0 Å². The van der Waals surface area contributed by atoms with Gasteiger partial charge >= 0.3 is 102 Å². The molecule has 1 aromatic carbocycles. The molecule has 0 aliphatic carbocycles. The Morgan fingerprint density at radius 3 is 2.44 bits per heavy atom. The summed E-state index contributed by atoms with van der Waals surface area (Å²) < 4.78 is 2.81. The first-order valence-corrected chi connectivity index (χ1v) is 7.02. The number of aryl methyl sites for hydroxylation is 2. The van der Waals surface area contributed by atoms with E-state index in [2.05, 4.69) is 19.9 Å². The van der Waals surface area contributed by atoms with Gasteiger partial charge in [0.05, 0.1) is 0 Å². The molecule has 0 spiro atoms. The molecule has 1 aromatic heterocycles. The van der Waals surface area contributed by atoms with Gasteiger partial charge in [0.1, 0.15) is 0 Å². The van der Waals surface area contributed by atoms with Crippen LogP contribution in [0.5, 0.6) is 0 Å². The van der Waals surface area contributed by atoms with Crippen molar-refractivity contribution >= 4 is 20.3 Å². The molecule has 2 aromatic rings. The van der Waals surface area contributed by atoms with Gasteiger partial charge in [0.15, 0.2) is 0 Å². The van der Waals surface area contributed by atoms with Crippen LogP contribution in [-0.2, 0) is 6.42 Å². The van der Waals surface area contributed by atoms with Gasteiger partial charge in [0.25, 0.3) is 0 Å². The van der Waals surface area contributed by atoms with Gasteiger partial charge in [-0.15, -0.1) is 0 Å². The van der Waals surface area contributed by atoms with Crippen LogP contribution in [0.4, 0.5) is 0 Å². The normalized spacial score (nSPS) is 10.4. The number of carbonyl (C=O) groups excluding carboxylic acids is 1. The first kappa shape index (κ1) is 11.4. The van der Waals surface area contributed by atoms with Gasteiger partial charge in [-0.05, 0) is 0 Å². The zero-order chi connectivity index (χ0) is 11.5. The van der Waals surface area contributed by atoms with Gasteiger partial charge in [-0.3, -0.25) is 0 Å². The Balaban J connectivity index is 2.17. The number of benzene rings is 1. The van der Waals surface area contributed by atoms with Crippen molar-refractivity contribution in [1.29, 1.82) is 0 Å². The molecule has 0 fully saturated rings. The molecule has 0 saturated heterocycles. The Morgan fingerprint density at radius 2 is 1.88 bits per heavy atom. The molecule has 0 aliphatic heterocycles. The van der Waals surface area contributed by atoms with Crippen LogP contribution in [0.25, 0.3) is 0 Å². The van der Waals surface area contributed by atoms with E-state index >= 15 is 0 Å². The van der Waals surface area contributed by atoms with Crippen LogP contribution in [0, 0.1) is 13.8 Å².